The zero-order chi connectivity index (χ0) is 45.7. The van der Waals surface area contributed by atoms with Crippen molar-refractivity contribution in [1.82, 2.24) is 14.0 Å². The van der Waals surface area contributed by atoms with Crippen molar-refractivity contribution in [1.29, 1.82) is 0 Å². The van der Waals surface area contributed by atoms with Crippen molar-refractivity contribution in [2.24, 2.45) is 0 Å². The minimum absolute atomic E-state index is 0.175. The van der Waals surface area contributed by atoms with E-state index in [0.29, 0.717) is 141 Å². The number of nitrogens with zero attached hydrogens (tertiary/aromatic N) is 3. The Morgan fingerprint density at radius 3 is 1.45 bits per heavy atom. The van der Waals surface area contributed by atoms with Crippen LogP contribution in [0.1, 0.15) is 71.9 Å². The zero-order valence-corrected chi connectivity index (χ0v) is 40.5. The molecule has 2 aliphatic rings. The Hall–Kier alpha value is -3.32. The van der Waals surface area contributed by atoms with Gasteiger partial charge in [-0.3, -0.25) is 9.11 Å². The molecular formula is C45H41Cl4F2N3O6S4. The minimum Gasteiger partial charge on any atom is -0.313 e. The number of hydrogen-bond donors (Lipinski definition) is 2. The fraction of sp³-hybridized carbons (Fsp3) is 0.289. The molecule has 0 saturated carbocycles. The van der Waals surface area contributed by atoms with Gasteiger partial charge in [-0.15, -0.1) is 22.7 Å². The third kappa shape index (κ3) is 9.86. The molecule has 64 heavy (non-hydrogen) atoms. The number of fused-ring (bicyclic) bond motifs is 6. The van der Waals surface area contributed by atoms with Crippen LogP contribution in [-0.2, 0) is 45.9 Å². The highest BCUT2D eigenvalue weighted by Gasteiger charge is 2.31. The third-order valence-corrected chi connectivity index (χ3v) is 17.5. The zero-order valence-electron chi connectivity index (χ0n) is 34.2. The molecule has 0 unspecified atom stereocenters. The second-order valence-corrected chi connectivity index (χ2v) is 22.9. The molecule has 338 valence electrons. The van der Waals surface area contributed by atoms with E-state index in [0.717, 1.165) is 44.9 Å². The summed E-state index contributed by atoms with van der Waals surface area (Å²) >= 11 is 27.6. The molecule has 0 fully saturated rings. The van der Waals surface area contributed by atoms with Gasteiger partial charge in [0.2, 0.25) is 0 Å². The summed E-state index contributed by atoms with van der Waals surface area (Å²) in [5, 5.41) is 1.53. The molecule has 0 radical (unpaired) electrons. The highest BCUT2D eigenvalue weighted by atomic mass is 35.5. The average Bonchev–Trinajstić information content (AvgIpc) is 3.98. The van der Waals surface area contributed by atoms with Crippen LogP contribution in [0.15, 0.2) is 81.5 Å². The van der Waals surface area contributed by atoms with E-state index in [9.17, 15) is 25.9 Å². The first kappa shape index (κ1) is 47.2. The molecule has 0 atom stereocenters. The van der Waals surface area contributed by atoms with Gasteiger partial charge < -0.3 is 14.0 Å². The number of rotatable bonds is 14. The summed E-state index contributed by atoms with van der Waals surface area (Å²) in [5.41, 5.74) is 6.10. The molecule has 0 bridgehead atoms. The molecule has 2 aliphatic carbocycles. The smallest absolute Gasteiger partial charge is 0.304 e. The average molecular weight is 1030 g/mol. The van der Waals surface area contributed by atoms with Crippen LogP contribution in [0.3, 0.4) is 0 Å². The molecule has 0 spiro atoms. The minimum atomic E-state index is -4.45. The molecule has 4 aromatic heterocycles. The van der Waals surface area contributed by atoms with Gasteiger partial charge in [-0.05, 0) is 167 Å². The maximum atomic E-state index is 16.3. The van der Waals surface area contributed by atoms with Crippen molar-refractivity contribution >= 4 is 101 Å². The monoisotopic (exact) mass is 1030 g/mol. The maximum Gasteiger partial charge on any atom is 0.304 e. The maximum absolute atomic E-state index is 16.3. The molecule has 0 aliphatic heterocycles. The van der Waals surface area contributed by atoms with Gasteiger partial charge in [-0.2, -0.15) is 16.8 Å². The van der Waals surface area contributed by atoms with Crippen molar-refractivity contribution in [2.45, 2.75) is 72.6 Å². The van der Waals surface area contributed by atoms with E-state index in [1.807, 2.05) is 7.05 Å². The van der Waals surface area contributed by atoms with E-state index in [4.69, 9.17) is 46.4 Å². The van der Waals surface area contributed by atoms with Crippen LogP contribution in [0.2, 0.25) is 20.1 Å². The lowest BCUT2D eigenvalue weighted by molar-refractivity contribution is 0.326. The van der Waals surface area contributed by atoms with Gasteiger partial charge in [0.15, 0.2) is 0 Å². The summed E-state index contributed by atoms with van der Waals surface area (Å²) in [5.74, 6) is -0.810. The lowest BCUT2D eigenvalue weighted by Gasteiger charge is -2.15. The largest absolute Gasteiger partial charge is 0.313 e. The number of benzene rings is 2. The summed E-state index contributed by atoms with van der Waals surface area (Å²) in [6, 6.07) is 13.0. The predicted octanol–water partition coefficient (Wildman–Crippen LogP) is 13.6. The number of aromatic nitrogens is 2. The lowest BCUT2D eigenvalue weighted by atomic mass is 10.0. The lowest BCUT2D eigenvalue weighted by Crippen LogP contribution is -2.20. The quantitative estimate of drug-likeness (QED) is 0.0823. The molecule has 6 aromatic rings. The Balaban J connectivity index is 0.953. The van der Waals surface area contributed by atoms with E-state index in [-0.39, 0.29) is 8.42 Å². The summed E-state index contributed by atoms with van der Waals surface area (Å²) in [7, 11) is -6.94. The Morgan fingerprint density at radius 2 is 1.08 bits per heavy atom. The number of allylic oxidation sites excluding steroid dienone is 2. The molecule has 0 amide bonds. The SMILES string of the molecule is CN(CCC/C=C(\F)c1cn(-c2ccc(Cl)cc2Cl)c2c1CCCc1cc(S(=O)(=O)O)sc1-2)CCC/C=C(\F)c1cn(-c2ccc(Cl)cc2Cl)c2c1CCCc1cc(S(=O)(=O)O)sc1-2. The first-order valence-corrected chi connectivity index (χ1v) is 26.4. The Labute approximate surface area is 398 Å². The van der Waals surface area contributed by atoms with Gasteiger partial charge in [0.1, 0.15) is 20.1 Å². The highest BCUT2D eigenvalue weighted by molar-refractivity contribution is 7.88. The fourth-order valence-corrected chi connectivity index (χ4v) is 13.4. The fourth-order valence-electron chi connectivity index (χ4n) is 8.49. The van der Waals surface area contributed by atoms with Gasteiger partial charge in [-0.25, -0.2) is 8.78 Å². The van der Waals surface area contributed by atoms with Crippen LogP contribution in [0.5, 0.6) is 0 Å². The van der Waals surface area contributed by atoms with Crippen LogP contribution in [0, 0.1) is 0 Å². The van der Waals surface area contributed by atoms with Crippen molar-refractivity contribution in [3.05, 3.63) is 127 Å². The molecule has 0 saturated heterocycles. The van der Waals surface area contributed by atoms with Gasteiger partial charge in [0.25, 0.3) is 0 Å². The highest BCUT2D eigenvalue weighted by Crippen LogP contribution is 2.47. The van der Waals surface area contributed by atoms with E-state index in [1.165, 1.54) is 12.1 Å². The van der Waals surface area contributed by atoms with Crippen molar-refractivity contribution in [3.8, 4) is 32.5 Å². The second kappa shape index (κ2) is 19.1. The topological polar surface area (TPSA) is 122 Å². The summed E-state index contributed by atoms with van der Waals surface area (Å²) in [6.45, 7) is 1.33. The molecule has 2 aromatic carbocycles. The van der Waals surface area contributed by atoms with E-state index in [2.05, 4.69) is 4.90 Å². The summed E-state index contributed by atoms with van der Waals surface area (Å²) < 4.78 is 104. The Kier molecular flexibility index (Phi) is 14.1. The second-order valence-electron chi connectivity index (χ2n) is 15.9. The van der Waals surface area contributed by atoms with Crippen LogP contribution in [0.25, 0.3) is 44.2 Å². The van der Waals surface area contributed by atoms with Crippen molar-refractivity contribution < 1.29 is 34.7 Å². The first-order valence-electron chi connectivity index (χ1n) is 20.4. The van der Waals surface area contributed by atoms with Crippen molar-refractivity contribution in [3.63, 3.8) is 0 Å². The summed E-state index contributed by atoms with van der Waals surface area (Å²) in [4.78, 5) is 3.38. The number of unbranched alkanes of at least 4 members (excludes halogenated alkanes) is 2. The standard InChI is InChI=1S/C45H41Cl4F2N3O6S4/c1-52(18-4-2-12-36(50)32-24-53(38-16-14-28(46)22-34(38)48)42-30(32)10-6-8-26-20-40(61-44(26)42)63(55,56)57)19-5-3-13-37(51)33-25-54(39-17-15-29(47)23-35(39)49)43-31(33)11-7-9-27-21-41(62-45(27)43)64(58,59)60/h12-17,20-25H,2-11,18-19H2,1H3,(H,55,56,57)(H,58,59,60)/b36-12-,37-13-. The first-order chi connectivity index (χ1) is 30.4. The number of hydrogen-bond acceptors (Lipinski definition) is 7. The van der Waals surface area contributed by atoms with Gasteiger partial charge in [0.05, 0.1) is 42.6 Å². The number of halogens is 6. The molecular weight excluding hydrogens is 987 g/mol. The van der Waals surface area contributed by atoms with Crippen molar-refractivity contribution in [2.75, 3.05) is 20.1 Å². The van der Waals surface area contributed by atoms with Crippen LogP contribution in [0.4, 0.5) is 8.78 Å². The van der Waals surface area contributed by atoms with Crippen LogP contribution in [-0.4, -0.2) is 60.1 Å². The van der Waals surface area contributed by atoms with E-state index < -0.39 is 31.9 Å². The molecule has 19 heteroatoms. The third-order valence-electron chi connectivity index (χ3n) is 11.5. The Morgan fingerprint density at radius 1 is 0.672 bits per heavy atom. The van der Waals surface area contributed by atoms with Gasteiger partial charge in [0, 0.05) is 33.6 Å². The molecule has 4 heterocycles. The number of aryl methyl sites for hydroxylation is 2. The Bertz CT molecular complexity index is 2880. The molecule has 9 nitrogen and oxygen atoms in total. The van der Waals surface area contributed by atoms with Crippen LogP contribution >= 0.6 is 69.1 Å². The molecule has 8 rings (SSSR count). The van der Waals surface area contributed by atoms with E-state index >= 15 is 8.78 Å². The van der Waals surface area contributed by atoms with E-state index in [1.54, 1.807) is 70.1 Å². The molecule has 2 N–H and O–H groups in total. The van der Waals surface area contributed by atoms with Crippen LogP contribution < -0.4 is 0 Å². The normalized spacial score (nSPS) is 14.6. The van der Waals surface area contributed by atoms with Gasteiger partial charge in [-0.1, -0.05) is 46.4 Å². The predicted molar refractivity (Wildman–Crippen MR) is 256 cm³/mol. The summed E-state index contributed by atoms with van der Waals surface area (Å²) in [6.07, 6.45) is 12.2. The van der Waals surface area contributed by atoms with Gasteiger partial charge >= 0.3 is 20.2 Å². The number of thiophene rings is 2.